The molecule has 52 heavy (non-hydrogen) atoms. The van der Waals surface area contributed by atoms with Gasteiger partial charge in [0.1, 0.15) is 5.69 Å². The number of aliphatic hydroxyl groups is 1. The first-order chi connectivity index (χ1) is 25.4. The Morgan fingerprint density at radius 3 is 2.33 bits per heavy atom. The molecule has 2 N–H and O–H groups in total. The van der Waals surface area contributed by atoms with E-state index in [0.29, 0.717) is 12.1 Å². The van der Waals surface area contributed by atoms with Crippen molar-refractivity contribution in [2.75, 3.05) is 20.1 Å². The van der Waals surface area contributed by atoms with Crippen molar-refractivity contribution in [1.82, 2.24) is 25.2 Å². The Morgan fingerprint density at radius 1 is 0.827 bits per heavy atom. The zero-order chi connectivity index (χ0) is 35.9. The smallest absolute Gasteiger partial charge is 0.271 e. The summed E-state index contributed by atoms with van der Waals surface area (Å²) in [5.41, 5.74) is 8.65. The number of carbonyl (C=O) groups is 1. The van der Waals surface area contributed by atoms with E-state index in [2.05, 4.69) is 75.5 Å². The molecule has 0 saturated carbocycles. The fourth-order valence-electron chi connectivity index (χ4n) is 6.69. The molecule has 4 atom stereocenters. The molecule has 9 heteroatoms. The highest BCUT2D eigenvalue weighted by molar-refractivity contribution is 5.93. The number of aliphatic hydroxyl groups excluding tert-OH is 1. The van der Waals surface area contributed by atoms with Gasteiger partial charge in [0.2, 0.25) is 0 Å². The topological polar surface area (TPSA) is 110 Å². The minimum Gasteiger partial charge on any atom is -0.392 e. The molecule has 1 aliphatic heterocycles. The Balaban J connectivity index is 1.07. The van der Waals surface area contributed by atoms with Crippen LogP contribution in [0.15, 0.2) is 128 Å². The average Bonchev–Trinajstić information content (AvgIpc) is 3.20. The maximum Gasteiger partial charge on any atom is 0.271 e. The van der Waals surface area contributed by atoms with Gasteiger partial charge in [-0.15, -0.1) is 0 Å². The van der Waals surface area contributed by atoms with Gasteiger partial charge in [0.05, 0.1) is 36.0 Å². The van der Waals surface area contributed by atoms with Crippen molar-refractivity contribution in [2.45, 2.75) is 45.0 Å². The fourth-order valence-corrected chi connectivity index (χ4v) is 6.69. The zero-order valence-corrected chi connectivity index (χ0v) is 29.4. The molecule has 3 heterocycles. The molecule has 4 aromatic carbocycles. The highest BCUT2D eigenvalue weighted by Crippen LogP contribution is 2.42. The quantitative estimate of drug-likeness (QED) is 0.140. The summed E-state index contributed by atoms with van der Waals surface area (Å²) in [6, 6.07) is 37.8. The van der Waals surface area contributed by atoms with E-state index in [-0.39, 0.29) is 36.3 Å². The fraction of sp³-hybridized carbons (Fsp3) is 0.256. The van der Waals surface area contributed by atoms with Gasteiger partial charge < -0.3 is 24.8 Å². The summed E-state index contributed by atoms with van der Waals surface area (Å²) < 4.78 is 13.4. The number of amides is 1. The summed E-state index contributed by atoms with van der Waals surface area (Å²) in [6.07, 6.45) is 3.34. The number of aromatic nitrogens is 3. The average molecular weight is 694 g/mol. The van der Waals surface area contributed by atoms with Crippen molar-refractivity contribution < 1.29 is 19.4 Å². The van der Waals surface area contributed by atoms with Gasteiger partial charge in [-0.3, -0.25) is 14.8 Å². The van der Waals surface area contributed by atoms with Crippen LogP contribution in [-0.2, 0) is 29.0 Å². The minimum atomic E-state index is -0.570. The number of carbonyl (C=O) groups excluding carboxylic acids is 1. The molecule has 0 radical (unpaired) electrons. The van der Waals surface area contributed by atoms with Crippen LogP contribution in [0.5, 0.6) is 0 Å². The SMILES string of the molecule is CC1C(CN(C)CCc2ccccn2)OC(c2ccc(-c3ccccc3CNC(=O)c3cnc4ccccc4n3)cc2)OC1c1ccc(CO)cc1. The molecule has 1 saturated heterocycles. The standard InChI is InChI=1S/C43H43N5O4/c1-29-40(27-48(2)24-22-35-10-7-8-23-44-35)51-43(52-41(29)32-16-14-30(28-49)15-17-32)33-20-18-31(19-21-33)36-11-4-3-9-34(36)25-46-42(50)39-26-45-37-12-5-6-13-38(37)47-39/h3-21,23,26,29,40-41,43,49H,22,24-25,27-28H2,1-2H3,(H,46,50). The van der Waals surface area contributed by atoms with Gasteiger partial charge in [-0.05, 0) is 59.1 Å². The van der Waals surface area contributed by atoms with E-state index < -0.39 is 6.29 Å². The number of benzene rings is 4. The summed E-state index contributed by atoms with van der Waals surface area (Å²) in [5, 5.41) is 12.6. The van der Waals surface area contributed by atoms with Gasteiger partial charge in [-0.2, -0.15) is 0 Å². The summed E-state index contributed by atoms with van der Waals surface area (Å²) in [4.78, 5) is 28.7. The van der Waals surface area contributed by atoms with Crippen LogP contribution in [0.4, 0.5) is 0 Å². The van der Waals surface area contributed by atoms with Crippen LogP contribution in [0.3, 0.4) is 0 Å². The third-order valence-corrected chi connectivity index (χ3v) is 9.72. The Bertz CT molecular complexity index is 2090. The molecule has 1 aliphatic rings. The second kappa shape index (κ2) is 16.4. The van der Waals surface area contributed by atoms with Gasteiger partial charge in [-0.25, -0.2) is 4.98 Å². The van der Waals surface area contributed by atoms with E-state index in [1.807, 2.05) is 85.1 Å². The second-order valence-electron chi connectivity index (χ2n) is 13.4. The van der Waals surface area contributed by atoms with Gasteiger partial charge in [-0.1, -0.05) is 97.9 Å². The van der Waals surface area contributed by atoms with E-state index >= 15 is 0 Å². The third kappa shape index (κ3) is 8.25. The van der Waals surface area contributed by atoms with Crippen molar-refractivity contribution in [3.63, 3.8) is 0 Å². The highest BCUT2D eigenvalue weighted by atomic mass is 16.7. The Kier molecular flexibility index (Phi) is 11.0. The molecule has 9 nitrogen and oxygen atoms in total. The lowest BCUT2D eigenvalue weighted by Gasteiger charge is -2.42. The number of fused-ring (bicyclic) bond motifs is 1. The van der Waals surface area contributed by atoms with Gasteiger partial charge in [0.15, 0.2) is 6.29 Å². The van der Waals surface area contributed by atoms with Gasteiger partial charge >= 0.3 is 0 Å². The number of hydrogen-bond acceptors (Lipinski definition) is 8. The van der Waals surface area contributed by atoms with Gasteiger partial charge in [0, 0.05) is 49.4 Å². The molecule has 6 aromatic rings. The summed E-state index contributed by atoms with van der Waals surface area (Å²) in [6.45, 7) is 4.11. The Hall–Kier alpha value is -5.32. The Morgan fingerprint density at radius 2 is 1.56 bits per heavy atom. The molecule has 0 aliphatic carbocycles. The van der Waals surface area contributed by atoms with Crippen molar-refractivity contribution in [1.29, 1.82) is 0 Å². The first-order valence-electron chi connectivity index (χ1n) is 17.7. The first kappa shape index (κ1) is 35.1. The summed E-state index contributed by atoms with van der Waals surface area (Å²) in [5.74, 6) is -0.197. The van der Waals surface area contributed by atoms with Crippen LogP contribution in [0.25, 0.3) is 22.2 Å². The van der Waals surface area contributed by atoms with E-state index in [0.717, 1.165) is 64.1 Å². The van der Waals surface area contributed by atoms with Crippen LogP contribution in [-0.4, -0.2) is 57.1 Å². The summed E-state index contributed by atoms with van der Waals surface area (Å²) >= 11 is 0. The largest absolute Gasteiger partial charge is 0.392 e. The van der Waals surface area contributed by atoms with Crippen LogP contribution in [0, 0.1) is 5.92 Å². The van der Waals surface area contributed by atoms with Crippen LogP contribution in [0.2, 0.25) is 0 Å². The lowest BCUT2D eigenvalue weighted by molar-refractivity contribution is -0.275. The first-order valence-corrected chi connectivity index (χ1v) is 17.7. The predicted molar refractivity (Wildman–Crippen MR) is 201 cm³/mol. The number of nitrogens with one attached hydrogen (secondary N) is 1. The van der Waals surface area contributed by atoms with E-state index in [1.165, 1.54) is 6.20 Å². The number of rotatable bonds is 12. The van der Waals surface area contributed by atoms with E-state index in [4.69, 9.17) is 9.47 Å². The van der Waals surface area contributed by atoms with Crippen molar-refractivity contribution in [2.24, 2.45) is 5.92 Å². The number of likely N-dealkylation sites (N-methyl/N-ethyl adjacent to an activating group) is 1. The molecule has 0 bridgehead atoms. The van der Waals surface area contributed by atoms with Crippen LogP contribution in [0.1, 0.15) is 57.8 Å². The number of hydrogen-bond donors (Lipinski definition) is 2. The second-order valence-corrected chi connectivity index (χ2v) is 13.4. The molecule has 264 valence electrons. The number of pyridine rings is 1. The molecular weight excluding hydrogens is 651 g/mol. The number of nitrogens with zero attached hydrogens (tertiary/aromatic N) is 4. The molecular formula is C43H43N5O4. The molecule has 1 fully saturated rings. The minimum absolute atomic E-state index is 0.00221. The zero-order valence-electron chi connectivity index (χ0n) is 29.4. The maximum atomic E-state index is 13.0. The third-order valence-electron chi connectivity index (χ3n) is 9.72. The lowest BCUT2D eigenvalue weighted by atomic mass is 9.90. The van der Waals surface area contributed by atoms with Crippen LogP contribution < -0.4 is 5.32 Å². The Labute approximate surface area is 304 Å². The monoisotopic (exact) mass is 693 g/mol. The predicted octanol–water partition coefficient (Wildman–Crippen LogP) is 7.08. The molecule has 4 unspecified atom stereocenters. The van der Waals surface area contributed by atoms with Crippen molar-refractivity contribution in [3.8, 4) is 11.1 Å². The number of para-hydroxylation sites is 2. The maximum absolute atomic E-state index is 13.0. The number of ether oxygens (including phenoxy) is 2. The van der Waals surface area contributed by atoms with Crippen molar-refractivity contribution >= 4 is 16.9 Å². The van der Waals surface area contributed by atoms with E-state index in [9.17, 15) is 9.90 Å². The molecule has 2 aromatic heterocycles. The van der Waals surface area contributed by atoms with Gasteiger partial charge in [0.25, 0.3) is 5.91 Å². The van der Waals surface area contributed by atoms with Crippen LogP contribution >= 0.6 is 0 Å². The lowest BCUT2D eigenvalue weighted by Crippen LogP contribution is -2.43. The van der Waals surface area contributed by atoms with Crippen molar-refractivity contribution in [3.05, 3.63) is 161 Å². The van der Waals surface area contributed by atoms with E-state index in [1.54, 1.807) is 0 Å². The highest BCUT2D eigenvalue weighted by Gasteiger charge is 2.38. The normalized spacial score (nSPS) is 18.8. The molecule has 7 rings (SSSR count). The summed E-state index contributed by atoms with van der Waals surface area (Å²) in [7, 11) is 2.12. The molecule has 0 spiro atoms. The molecule has 1 amide bonds.